The Bertz CT molecular complexity index is 441. The third kappa shape index (κ3) is 2.65. The van der Waals surface area contributed by atoms with Crippen molar-refractivity contribution in [2.75, 3.05) is 26.4 Å². The summed E-state index contributed by atoms with van der Waals surface area (Å²) in [6, 6.07) is 0. The molecule has 0 N–H and O–H groups in total. The Labute approximate surface area is 145 Å². The number of hydrogen-bond acceptors (Lipinski definition) is 4. The fraction of sp³-hybridized carbons (Fsp3) is 1.00. The molecule has 24 heavy (non-hydrogen) atoms. The van der Waals surface area contributed by atoms with Crippen LogP contribution in [0.5, 0.6) is 0 Å². The molecule has 5 aliphatic rings. The van der Waals surface area contributed by atoms with E-state index in [-0.39, 0.29) is 11.6 Å². The van der Waals surface area contributed by atoms with Crippen molar-refractivity contribution in [3.63, 3.8) is 0 Å². The van der Waals surface area contributed by atoms with Crippen LogP contribution in [-0.4, -0.2) is 38.0 Å². The standard InChI is InChI=1S/C20H32O4/c1-2-6-19(7-3-1)21-8-4-15(5-9-22-19)18-13-17-12-16(18)14-20(17)23-10-11-24-20/h15-18H,1-14H2. The molecule has 5 fully saturated rings. The van der Waals surface area contributed by atoms with E-state index in [2.05, 4.69) is 0 Å². The number of fused-ring (bicyclic) bond motifs is 3. The predicted octanol–water partition coefficient (Wildman–Crippen LogP) is 3.88. The number of rotatable bonds is 1. The Kier molecular flexibility index (Phi) is 4.16. The molecular weight excluding hydrogens is 304 g/mol. The van der Waals surface area contributed by atoms with Gasteiger partial charge in [0.05, 0.1) is 26.4 Å². The summed E-state index contributed by atoms with van der Waals surface area (Å²) in [5.74, 6) is 2.60. The molecule has 0 aromatic rings. The van der Waals surface area contributed by atoms with Gasteiger partial charge in [-0.3, -0.25) is 0 Å². The molecular formula is C20H32O4. The van der Waals surface area contributed by atoms with E-state index in [4.69, 9.17) is 18.9 Å². The zero-order chi connectivity index (χ0) is 16.0. The first kappa shape index (κ1) is 16.0. The predicted molar refractivity (Wildman–Crippen MR) is 89.4 cm³/mol. The van der Waals surface area contributed by atoms with Gasteiger partial charge in [-0.25, -0.2) is 0 Å². The van der Waals surface area contributed by atoms with Crippen molar-refractivity contribution in [2.24, 2.45) is 23.7 Å². The lowest BCUT2D eigenvalue weighted by atomic mass is 9.75. The maximum atomic E-state index is 6.30. The van der Waals surface area contributed by atoms with Gasteiger partial charge in [-0.15, -0.1) is 0 Å². The van der Waals surface area contributed by atoms with Gasteiger partial charge in [-0.1, -0.05) is 6.42 Å². The lowest BCUT2D eigenvalue weighted by Gasteiger charge is -2.42. The SMILES string of the molecule is C1CCC2(CC1)OCCC(C1CC3CC1CC31OCCO1)CCO2. The minimum atomic E-state index is -0.229. The van der Waals surface area contributed by atoms with Gasteiger partial charge in [-0.2, -0.15) is 0 Å². The van der Waals surface area contributed by atoms with Gasteiger partial charge in [0.1, 0.15) is 0 Å². The van der Waals surface area contributed by atoms with Crippen molar-refractivity contribution in [3.8, 4) is 0 Å². The summed E-state index contributed by atoms with van der Waals surface area (Å²) in [5, 5.41) is 0. The maximum absolute atomic E-state index is 6.30. The van der Waals surface area contributed by atoms with Crippen LogP contribution in [0.15, 0.2) is 0 Å². The van der Waals surface area contributed by atoms with E-state index in [9.17, 15) is 0 Å². The Balaban J connectivity index is 1.20. The van der Waals surface area contributed by atoms with Gasteiger partial charge in [0.25, 0.3) is 0 Å². The smallest absolute Gasteiger partial charge is 0.171 e. The molecule has 2 bridgehead atoms. The summed E-state index contributed by atoms with van der Waals surface area (Å²) in [6.07, 6.45) is 12.2. The summed E-state index contributed by atoms with van der Waals surface area (Å²) in [7, 11) is 0. The van der Waals surface area contributed by atoms with Crippen LogP contribution in [-0.2, 0) is 18.9 Å². The third-order valence-electron chi connectivity index (χ3n) is 7.62. The molecule has 0 aromatic heterocycles. The molecule has 5 rings (SSSR count). The molecule has 0 aromatic carbocycles. The number of hydrogen-bond donors (Lipinski definition) is 0. The van der Waals surface area contributed by atoms with Gasteiger partial charge < -0.3 is 18.9 Å². The van der Waals surface area contributed by atoms with E-state index >= 15 is 0 Å². The summed E-state index contributed by atoms with van der Waals surface area (Å²) in [4.78, 5) is 0. The van der Waals surface area contributed by atoms with Crippen LogP contribution in [0.25, 0.3) is 0 Å². The molecule has 2 heterocycles. The van der Waals surface area contributed by atoms with Gasteiger partial charge in [0.15, 0.2) is 11.6 Å². The van der Waals surface area contributed by atoms with E-state index in [1.165, 1.54) is 44.9 Å². The molecule has 3 unspecified atom stereocenters. The second-order valence-electron chi connectivity index (χ2n) is 8.81. The highest BCUT2D eigenvalue weighted by Crippen LogP contribution is 2.59. The summed E-state index contributed by atoms with van der Waals surface area (Å²) >= 11 is 0. The quantitative estimate of drug-likeness (QED) is 0.728. The average Bonchev–Trinajstić information content (AvgIpc) is 3.29. The molecule has 3 saturated carbocycles. The highest BCUT2D eigenvalue weighted by molar-refractivity contribution is 5.03. The van der Waals surface area contributed by atoms with Crippen molar-refractivity contribution in [3.05, 3.63) is 0 Å². The van der Waals surface area contributed by atoms with Crippen LogP contribution in [0.3, 0.4) is 0 Å². The molecule has 0 amide bonds. The van der Waals surface area contributed by atoms with Crippen LogP contribution in [0.4, 0.5) is 0 Å². The third-order valence-corrected chi connectivity index (χ3v) is 7.62. The van der Waals surface area contributed by atoms with Crippen molar-refractivity contribution in [1.82, 2.24) is 0 Å². The Hall–Kier alpha value is -0.160. The second-order valence-corrected chi connectivity index (χ2v) is 8.81. The van der Waals surface area contributed by atoms with Crippen LogP contribution in [0.1, 0.15) is 64.2 Å². The van der Waals surface area contributed by atoms with Crippen molar-refractivity contribution < 1.29 is 18.9 Å². The van der Waals surface area contributed by atoms with Gasteiger partial charge in [0, 0.05) is 25.2 Å². The van der Waals surface area contributed by atoms with Crippen molar-refractivity contribution >= 4 is 0 Å². The fourth-order valence-corrected chi connectivity index (χ4v) is 6.47. The molecule has 2 saturated heterocycles. The Morgan fingerprint density at radius 1 is 0.667 bits per heavy atom. The van der Waals surface area contributed by atoms with Crippen LogP contribution < -0.4 is 0 Å². The highest BCUT2D eigenvalue weighted by atomic mass is 16.7. The van der Waals surface area contributed by atoms with E-state index < -0.39 is 0 Å². The van der Waals surface area contributed by atoms with Gasteiger partial charge in [-0.05, 0) is 56.3 Å². The molecule has 2 spiro atoms. The van der Waals surface area contributed by atoms with Crippen molar-refractivity contribution in [1.29, 1.82) is 0 Å². The molecule has 3 aliphatic carbocycles. The minimum absolute atomic E-state index is 0.193. The molecule has 2 aliphatic heterocycles. The summed E-state index contributed by atoms with van der Waals surface area (Å²) in [5.41, 5.74) is 0. The normalized spacial score (nSPS) is 41.8. The fourth-order valence-electron chi connectivity index (χ4n) is 6.47. The molecule has 136 valence electrons. The first-order chi connectivity index (χ1) is 11.8. The minimum Gasteiger partial charge on any atom is -0.350 e. The molecule has 0 radical (unpaired) electrons. The summed E-state index contributed by atoms with van der Waals surface area (Å²) in [6.45, 7) is 3.36. The monoisotopic (exact) mass is 336 g/mol. The number of ether oxygens (including phenoxy) is 4. The van der Waals surface area contributed by atoms with Gasteiger partial charge in [0.2, 0.25) is 0 Å². The van der Waals surface area contributed by atoms with Gasteiger partial charge >= 0.3 is 0 Å². The summed E-state index contributed by atoms with van der Waals surface area (Å²) < 4.78 is 24.6. The van der Waals surface area contributed by atoms with E-state index in [1.807, 2.05) is 0 Å². The zero-order valence-electron chi connectivity index (χ0n) is 14.8. The zero-order valence-corrected chi connectivity index (χ0v) is 14.8. The Morgan fingerprint density at radius 3 is 2.00 bits per heavy atom. The van der Waals surface area contributed by atoms with E-state index in [0.717, 1.165) is 63.4 Å². The second kappa shape index (κ2) is 6.22. The average molecular weight is 336 g/mol. The van der Waals surface area contributed by atoms with Crippen LogP contribution in [0.2, 0.25) is 0 Å². The van der Waals surface area contributed by atoms with E-state index in [0.29, 0.717) is 5.92 Å². The maximum Gasteiger partial charge on any atom is 0.171 e. The van der Waals surface area contributed by atoms with Crippen LogP contribution in [0, 0.1) is 23.7 Å². The molecule has 3 atom stereocenters. The first-order valence-corrected chi connectivity index (χ1v) is 10.3. The lowest BCUT2D eigenvalue weighted by Crippen LogP contribution is -2.43. The first-order valence-electron chi connectivity index (χ1n) is 10.3. The highest BCUT2D eigenvalue weighted by Gasteiger charge is 2.59. The van der Waals surface area contributed by atoms with Crippen LogP contribution >= 0.6 is 0 Å². The molecule has 4 heteroatoms. The molecule has 4 nitrogen and oxygen atoms in total. The van der Waals surface area contributed by atoms with E-state index in [1.54, 1.807) is 0 Å². The largest absolute Gasteiger partial charge is 0.350 e. The topological polar surface area (TPSA) is 36.9 Å². The van der Waals surface area contributed by atoms with Crippen molar-refractivity contribution in [2.45, 2.75) is 75.8 Å². The Morgan fingerprint density at radius 2 is 1.38 bits per heavy atom. The lowest BCUT2D eigenvalue weighted by molar-refractivity contribution is -0.264.